The Morgan fingerprint density at radius 3 is 2.95 bits per heavy atom. The van der Waals surface area contributed by atoms with E-state index in [0.717, 1.165) is 30.4 Å². The molecule has 2 heterocycles. The van der Waals surface area contributed by atoms with E-state index in [1.165, 1.54) is 0 Å². The maximum atomic E-state index is 5.30. The van der Waals surface area contributed by atoms with Crippen LogP contribution in [0.1, 0.15) is 11.5 Å². The topological polar surface area (TPSA) is 62.5 Å². The Kier molecular flexibility index (Phi) is 6.06. The summed E-state index contributed by atoms with van der Waals surface area (Å²) in [5.41, 5.74) is 0.934. The van der Waals surface area contributed by atoms with Crippen LogP contribution in [0.4, 0.5) is 0 Å². The van der Waals surface area contributed by atoms with E-state index >= 15 is 0 Å². The molecule has 5 heteroatoms. The van der Waals surface area contributed by atoms with Crippen molar-refractivity contribution >= 4 is 5.96 Å². The largest absolute Gasteiger partial charge is 0.469 e. The smallest absolute Gasteiger partial charge is 0.191 e. The van der Waals surface area contributed by atoms with Crippen molar-refractivity contribution in [1.29, 1.82) is 0 Å². The van der Waals surface area contributed by atoms with Gasteiger partial charge in [-0.2, -0.15) is 0 Å². The van der Waals surface area contributed by atoms with Crippen molar-refractivity contribution < 1.29 is 4.42 Å². The van der Waals surface area contributed by atoms with Gasteiger partial charge in [-0.05, 0) is 24.3 Å². The lowest BCUT2D eigenvalue weighted by Crippen LogP contribution is -2.38. The van der Waals surface area contributed by atoms with Crippen LogP contribution < -0.4 is 10.6 Å². The molecule has 0 saturated heterocycles. The van der Waals surface area contributed by atoms with E-state index in [2.05, 4.69) is 27.2 Å². The Morgan fingerprint density at radius 2 is 2.24 bits per heavy atom. The molecule has 2 aromatic heterocycles. The number of aromatic nitrogens is 1. The fourth-order valence-corrected chi connectivity index (χ4v) is 1.75. The lowest BCUT2D eigenvalue weighted by atomic mass is 10.3. The minimum Gasteiger partial charge on any atom is -0.469 e. The number of aliphatic imine (C=N–C) groups is 1. The molecule has 0 aliphatic heterocycles. The first-order chi connectivity index (χ1) is 10.4. The fourth-order valence-electron chi connectivity index (χ4n) is 1.75. The third-order valence-electron chi connectivity index (χ3n) is 2.78. The first kappa shape index (κ1) is 14.8. The number of hydrogen-bond donors (Lipinski definition) is 2. The highest BCUT2D eigenvalue weighted by atomic mass is 16.3. The Morgan fingerprint density at radius 1 is 1.29 bits per heavy atom. The molecule has 2 N–H and O–H groups in total. The van der Waals surface area contributed by atoms with E-state index in [-0.39, 0.29) is 0 Å². The molecule has 0 fully saturated rings. The molecule has 0 aliphatic carbocycles. The molecule has 2 aromatic rings. The summed E-state index contributed by atoms with van der Waals surface area (Å²) in [6, 6.07) is 9.66. The maximum Gasteiger partial charge on any atom is 0.191 e. The highest BCUT2D eigenvalue weighted by molar-refractivity contribution is 5.79. The summed E-state index contributed by atoms with van der Waals surface area (Å²) in [7, 11) is 0. The van der Waals surface area contributed by atoms with E-state index in [9.17, 15) is 0 Å². The van der Waals surface area contributed by atoms with Crippen LogP contribution in [0.5, 0.6) is 0 Å². The van der Waals surface area contributed by atoms with Crippen molar-refractivity contribution in [2.75, 3.05) is 13.1 Å². The van der Waals surface area contributed by atoms with Gasteiger partial charge in [0.05, 0.1) is 18.5 Å². The lowest BCUT2D eigenvalue weighted by Gasteiger charge is -2.10. The van der Waals surface area contributed by atoms with Crippen molar-refractivity contribution in [3.8, 4) is 0 Å². The van der Waals surface area contributed by atoms with Gasteiger partial charge in [-0.3, -0.25) is 4.98 Å². The number of rotatable bonds is 7. The normalized spacial score (nSPS) is 11.1. The van der Waals surface area contributed by atoms with Gasteiger partial charge in [0.1, 0.15) is 5.76 Å². The molecule has 110 valence electrons. The molecule has 0 atom stereocenters. The number of pyridine rings is 1. The Bertz CT molecular complexity index is 549. The van der Waals surface area contributed by atoms with Crippen LogP contribution >= 0.6 is 0 Å². The highest BCUT2D eigenvalue weighted by Gasteiger charge is 2.00. The summed E-state index contributed by atoms with van der Waals surface area (Å²) in [5, 5.41) is 6.45. The minimum absolute atomic E-state index is 0.536. The van der Waals surface area contributed by atoms with Gasteiger partial charge in [-0.15, -0.1) is 6.58 Å². The van der Waals surface area contributed by atoms with Crippen molar-refractivity contribution in [2.45, 2.75) is 13.0 Å². The number of guanidine groups is 1. The zero-order valence-corrected chi connectivity index (χ0v) is 12.0. The number of furan rings is 1. The van der Waals surface area contributed by atoms with Crippen molar-refractivity contribution in [1.82, 2.24) is 15.6 Å². The number of hydrogen-bond acceptors (Lipinski definition) is 3. The summed E-state index contributed by atoms with van der Waals surface area (Å²) < 4.78 is 5.30. The molecule has 21 heavy (non-hydrogen) atoms. The monoisotopic (exact) mass is 284 g/mol. The Hall–Kier alpha value is -2.56. The van der Waals surface area contributed by atoms with Gasteiger partial charge in [0, 0.05) is 25.7 Å². The number of nitrogens with zero attached hydrogens (tertiary/aromatic N) is 2. The molecule has 2 rings (SSSR count). The van der Waals surface area contributed by atoms with Gasteiger partial charge in [0.2, 0.25) is 0 Å². The van der Waals surface area contributed by atoms with Crippen LogP contribution in [0, 0.1) is 0 Å². The van der Waals surface area contributed by atoms with Gasteiger partial charge in [0.15, 0.2) is 5.96 Å². The zero-order chi connectivity index (χ0) is 14.8. The molecular weight excluding hydrogens is 264 g/mol. The molecule has 0 aliphatic rings. The molecule has 0 radical (unpaired) electrons. The standard InChI is InChI=1S/C16H20N4O/c1-2-9-18-16(19-11-8-15-7-5-12-21-15)20-13-14-6-3-4-10-17-14/h2-7,10,12H,1,8-9,11,13H2,(H2,18,19,20). The average molecular weight is 284 g/mol. The van der Waals surface area contributed by atoms with Gasteiger partial charge in [-0.1, -0.05) is 12.1 Å². The first-order valence-electron chi connectivity index (χ1n) is 6.94. The van der Waals surface area contributed by atoms with Crippen LogP contribution in [0.25, 0.3) is 0 Å². The molecule has 0 saturated carbocycles. The van der Waals surface area contributed by atoms with Crippen molar-refractivity contribution in [3.63, 3.8) is 0 Å². The predicted octanol–water partition coefficient (Wildman–Crippen LogP) is 2.14. The number of nitrogens with one attached hydrogen (secondary N) is 2. The molecule has 0 unspecified atom stereocenters. The molecule has 0 spiro atoms. The fraction of sp³-hybridized carbons (Fsp3) is 0.250. The van der Waals surface area contributed by atoms with Gasteiger partial charge < -0.3 is 15.1 Å². The van der Waals surface area contributed by atoms with Crippen LogP contribution in [0.3, 0.4) is 0 Å². The summed E-state index contributed by atoms with van der Waals surface area (Å²) in [4.78, 5) is 8.76. The molecule has 5 nitrogen and oxygen atoms in total. The van der Waals surface area contributed by atoms with Crippen LogP contribution in [0.2, 0.25) is 0 Å². The van der Waals surface area contributed by atoms with Crippen molar-refractivity contribution in [2.24, 2.45) is 4.99 Å². The van der Waals surface area contributed by atoms with E-state index in [1.807, 2.05) is 30.3 Å². The molecular formula is C16H20N4O. The summed E-state index contributed by atoms with van der Waals surface area (Å²) in [5.74, 6) is 1.70. The minimum atomic E-state index is 0.536. The third-order valence-corrected chi connectivity index (χ3v) is 2.78. The maximum absolute atomic E-state index is 5.30. The average Bonchev–Trinajstić information content (AvgIpc) is 3.04. The van der Waals surface area contributed by atoms with Crippen LogP contribution in [0.15, 0.2) is 64.9 Å². The summed E-state index contributed by atoms with van der Waals surface area (Å²) >= 11 is 0. The lowest BCUT2D eigenvalue weighted by molar-refractivity contribution is 0.507. The second-order valence-corrected chi connectivity index (χ2v) is 4.41. The quantitative estimate of drug-likeness (QED) is 0.464. The summed E-state index contributed by atoms with van der Waals surface area (Å²) in [6.45, 7) is 5.65. The second-order valence-electron chi connectivity index (χ2n) is 4.41. The van der Waals surface area contributed by atoms with Crippen LogP contribution in [-0.4, -0.2) is 24.0 Å². The first-order valence-corrected chi connectivity index (χ1v) is 6.94. The van der Waals surface area contributed by atoms with Crippen LogP contribution in [-0.2, 0) is 13.0 Å². The zero-order valence-electron chi connectivity index (χ0n) is 12.0. The van der Waals surface area contributed by atoms with Gasteiger partial charge in [0.25, 0.3) is 0 Å². The Labute approximate surface area is 124 Å². The van der Waals surface area contributed by atoms with Gasteiger partial charge in [-0.25, -0.2) is 4.99 Å². The van der Waals surface area contributed by atoms with Crippen molar-refractivity contribution in [3.05, 3.63) is 66.9 Å². The molecule has 0 amide bonds. The second kappa shape index (κ2) is 8.58. The predicted molar refractivity (Wildman–Crippen MR) is 84.0 cm³/mol. The van der Waals surface area contributed by atoms with E-state index in [1.54, 1.807) is 18.5 Å². The Balaban J connectivity index is 1.85. The molecule has 0 aromatic carbocycles. The third kappa shape index (κ3) is 5.52. The van der Waals surface area contributed by atoms with E-state index < -0.39 is 0 Å². The summed E-state index contributed by atoms with van der Waals surface area (Å²) in [6.07, 6.45) is 6.06. The SMILES string of the molecule is C=CCNC(=NCc1ccccn1)NCCc1ccco1. The van der Waals surface area contributed by atoms with E-state index in [0.29, 0.717) is 13.1 Å². The van der Waals surface area contributed by atoms with Gasteiger partial charge >= 0.3 is 0 Å². The molecule has 0 bridgehead atoms. The van der Waals surface area contributed by atoms with E-state index in [4.69, 9.17) is 4.42 Å². The highest BCUT2D eigenvalue weighted by Crippen LogP contribution is 1.99.